The molecule has 0 saturated carbocycles. The number of amides is 8. The van der Waals surface area contributed by atoms with Gasteiger partial charge in [-0.25, -0.2) is 22.8 Å². The normalized spacial score (nSPS) is 22.0. The standard InChI is InChI=1S/C65H81F3N10O12/c1-38-31-75(47(34-76(38)62(85)86)33-74-24-27-89-36-39(74)2)35-54(80)78-37-65(7,49-19-14-42(29-52(49)78)28-41-12-16-45(66)17-13-41)61(84)69-23-20-53(79)70-46-18-15-44-32-77(57(48(44)30-46)59(82)72-56-50(67)10-9-11-51(56)68)60(83)55(43-21-25-88-26-22-43)71-58(81)40(3)73(8)63(87)90-64(4,5)6/h9-19,29-30,38-40,43,47,55,57H,20-28,31-37H2,1-8H3,(H,69,84)(H,70,79)(H,71,81)(H,72,82)(H,85,86). The van der Waals surface area contributed by atoms with Crippen LogP contribution in [0.4, 0.5) is 39.8 Å². The van der Waals surface area contributed by atoms with Gasteiger partial charge < -0.3 is 55.3 Å². The van der Waals surface area contributed by atoms with Crippen LogP contribution in [0.1, 0.15) is 102 Å². The lowest BCUT2D eigenvalue weighted by Crippen LogP contribution is -2.64. The largest absolute Gasteiger partial charge is 0.465 e. The lowest BCUT2D eigenvalue weighted by Gasteiger charge is -2.47. The van der Waals surface area contributed by atoms with E-state index in [4.69, 9.17) is 14.2 Å². The molecule has 4 aromatic carbocycles. The number of carboxylic acid groups (broad SMARTS) is 1. The zero-order valence-corrected chi connectivity index (χ0v) is 52.1. The van der Waals surface area contributed by atoms with Crippen molar-refractivity contribution in [1.82, 2.24) is 35.1 Å². The van der Waals surface area contributed by atoms with Crippen molar-refractivity contribution in [3.8, 4) is 0 Å². The number of likely N-dealkylation sites (N-methyl/N-ethyl adjacent to an activating group) is 1. The van der Waals surface area contributed by atoms with Gasteiger partial charge in [0.25, 0.3) is 5.91 Å². The number of benzene rings is 4. The summed E-state index contributed by atoms with van der Waals surface area (Å²) in [6.07, 6.45) is -0.969. The number of fused-ring (bicyclic) bond motifs is 2. The number of piperazine rings is 1. The Hall–Kier alpha value is -8.13. The summed E-state index contributed by atoms with van der Waals surface area (Å²) in [4.78, 5) is 122. The maximum Gasteiger partial charge on any atom is 0.410 e. The summed E-state index contributed by atoms with van der Waals surface area (Å²) in [5.41, 5.74) is 0.612. The van der Waals surface area contributed by atoms with Crippen molar-refractivity contribution >= 4 is 64.7 Å². The fourth-order valence-electron chi connectivity index (χ4n) is 12.5. The van der Waals surface area contributed by atoms with Crippen molar-refractivity contribution in [3.05, 3.63) is 124 Å². The van der Waals surface area contributed by atoms with E-state index in [0.29, 0.717) is 68.9 Å². The van der Waals surface area contributed by atoms with Crippen molar-refractivity contribution in [2.75, 3.05) is 94.8 Å². The minimum atomic E-state index is -1.55. The van der Waals surface area contributed by atoms with Crippen molar-refractivity contribution in [1.29, 1.82) is 0 Å². The summed E-state index contributed by atoms with van der Waals surface area (Å²) in [6, 6.07) is 14.7. The summed E-state index contributed by atoms with van der Waals surface area (Å²) < 4.78 is 61.0. The Morgan fingerprint density at radius 3 is 2.21 bits per heavy atom. The second-order valence-electron chi connectivity index (χ2n) is 25.4. The SMILES string of the molecule is CC1COCCN1CC1CN(C(=O)O)C(C)CN1CC(=O)N1CC(C)(C(=O)NCCC(=O)Nc2ccc3c(c2)C(C(=O)Nc2c(F)cccc2F)N(C(=O)C(NC(=O)C(C)N(C)C(=O)OC(C)(C)C)C2CCOCC2)C3)c2ccc(Cc3ccc(F)cc3)cc21. The summed E-state index contributed by atoms with van der Waals surface area (Å²) in [5.74, 6) is -6.72. The summed E-state index contributed by atoms with van der Waals surface area (Å²) >= 11 is 0. The van der Waals surface area contributed by atoms with E-state index in [-0.39, 0.29) is 87.4 Å². The number of carbonyl (C=O) groups is 8. The van der Waals surface area contributed by atoms with Gasteiger partial charge in [0.05, 0.1) is 25.2 Å². The van der Waals surface area contributed by atoms with E-state index in [1.54, 1.807) is 56.9 Å². The molecule has 4 aromatic rings. The number of hydrogen-bond donors (Lipinski definition) is 5. The average Bonchev–Trinajstić information content (AvgIpc) is 1.60. The lowest BCUT2D eigenvalue weighted by atomic mass is 9.83. The molecule has 9 rings (SSSR count). The molecule has 0 aliphatic carbocycles. The zero-order chi connectivity index (χ0) is 64.9. The Labute approximate surface area is 521 Å². The molecule has 0 aromatic heterocycles. The minimum Gasteiger partial charge on any atom is -0.465 e. The van der Waals surface area contributed by atoms with Gasteiger partial charge in [-0.3, -0.25) is 43.5 Å². The molecular weight excluding hydrogens is 1170 g/mol. The third-order valence-corrected chi connectivity index (χ3v) is 17.7. The fourth-order valence-corrected chi connectivity index (χ4v) is 12.5. The predicted octanol–water partition coefficient (Wildman–Crippen LogP) is 6.41. The molecule has 484 valence electrons. The van der Waals surface area contributed by atoms with E-state index in [1.165, 1.54) is 42.0 Å². The first-order valence-corrected chi connectivity index (χ1v) is 30.5. The molecule has 7 unspecified atom stereocenters. The smallest absolute Gasteiger partial charge is 0.410 e. The van der Waals surface area contributed by atoms with Crippen LogP contribution in [0.25, 0.3) is 0 Å². The van der Waals surface area contributed by atoms with Gasteiger partial charge >= 0.3 is 12.2 Å². The topological polar surface area (TPSA) is 252 Å². The molecule has 5 aliphatic rings. The highest BCUT2D eigenvalue weighted by Gasteiger charge is 2.49. The highest BCUT2D eigenvalue weighted by atomic mass is 19.1. The van der Waals surface area contributed by atoms with Crippen molar-refractivity contribution in [3.63, 3.8) is 0 Å². The van der Waals surface area contributed by atoms with Gasteiger partial charge in [0.1, 0.15) is 46.9 Å². The number of anilines is 3. The van der Waals surface area contributed by atoms with E-state index in [2.05, 4.69) is 26.2 Å². The molecule has 8 amide bonds. The fraction of sp³-hybridized carbons (Fsp3) is 0.508. The van der Waals surface area contributed by atoms with Gasteiger partial charge in [-0.1, -0.05) is 36.4 Å². The number of carbonyl (C=O) groups excluding carboxylic acids is 7. The van der Waals surface area contributed by atoms with Gasteiger partial charge in [-0.15, -0.1) is 0 Å². The van der Waals surface area contributed by atoms with E-state index in [1.807, 2.05) is 36.9 Å². The maximum atomic E-state index is 15.2. The van der Waals surface area contributed by atoms with E-state index in [0.717, 1.165) is 34.2 Å². The molecule has 5 heterocycles. The molecule has 25 heteroatoms. The Kier molecular flexibility index (Phi) is 20.6. The van der Waals surface area contributed by atoms with Gasteiger partial charge in [-0.05, 0) is 144 Å². The second-order valence-corrected chi connectivity index (χ2v) is 25.4. The number of rotatable bonds is 18. The number of para-hydroxylation sites is 1. The first-order chi connectivity index (χ1) is 42.7. The average molecular weight is 1250 g/mol. The quantitative estimate of drug-likeness (QED) is 0.0723. The summed E-state index contributed by atoms with van der Waals surface area (Å²) in [7, 11) is 1.39. The molecule has 22 nitrogen and oxygen atoms in total. The highest BCUT2D eigenvalue weighted by molar-refractivity contribution is 6.04. The summed E-state index contributed by atoms with van der Waals surface area (Å²) in [6.45, 7) is 14.8. The van der Waals surface area contributed by atoms with Crippen LogP contribution < -0.4 is 26.2 Å². The Morgan fingerprint density at radius 2 is 1.53 bits per heavy atom. The van der Waals surface area contributed by atoms with Crippen LogP contribution in [-0.2, 0) is 61.4 Å². The number of halogens is 3. The molecule has 90 heavy (non-hydrogen) atoms. The zero-order valence-electron chi connectivity index (χ0n) is 52.1. The molecule has 5 N–H and O–H groups in total. The Bertz CT molecular complexity index is 3340. The molecule has 5 aliphatic heterocycles. The molecule has 0 bridgehead atoms. The maximum absolute atomic E-state index is 15.2. The second kappa shape index (κ2) is 27.9. The monoisotopic (exact) mass is 1250 g/mol. The van der Waals surface area contributed by atoms with Gasteiger partial charge in [0, 0.05) is 102 Å². The minimum absolute atomic E-state index is 0.0608. The number of nitrogens with one attached hydrogen (secondary N) is 4. The highest BCUT2D eigenvalue weighted by Crippen LogP contribution is 2.43. The van der Waals surface area contributed by atoms with Crippen molar-refractivity contribution in [2.24, 2.45) is 5.92 Å². The first-order valence-electron chi connectivity index (χ1n) is 30.5. The predicted molar refractivity (Wildman–Crippen MR) is 327 cm³/mol. The van der Waals surface area contributed by atoms with Crippen LogP contribution in [0.3, 0.4) is 0 Å². The Balaban J connectivity index is 0.917. The third-order valence-electron chi connectivity index (χ3n) is 17.7. The molecule has 0 spiro atoms. The Morgan fingerprint density at radius 1 is 0.833 bits per heavy atom. The van der Waals surface area contributed by atoms with E-state index < -0.39 is 100 Å². The van der Waals surface area contributed by atoms with Crippen LogP contribution >= 0.6 is 0 Å². The number of ether oxygens (including phenoxy) is 3. The van der Waals surface area contributed by atoms with Crippen LogP contribution in [-0.4, -0.2) is 192 Å². The lowest BCUT2D eigenvalue weighted by molar-refractivity contribution is -0.144. The van der Waals surface area contributed by atoms with Crippen LogP contribution in [0.15, 0.2) is 78.9 Å². The van der Waals surface area contributed by atoms with Gasteiger partial charge in [0.2, 0.25) is 29.5 Å². The van der Waals surface area contributed by atoms with Gasteiger partial charge in [-0.2, -0.15) is 0 Å². The van der Waals surface area contributed by atoms with E-state index >= 15 is 13.6 Å². The van der Waals surface area contributed by atoms with Crippen molar-refractivity contribution < 1.29 is 70.8 Å². The first kappa shape index (κ1) is 66.3. The number of hydrogen-bond acceptors (Lipinski definition) is 13. The molecule has 0 radical (unpaired) electrons. The van der Waals surface area contributed by atoms with Crippen molar-refractivity contribution in [2.45, 2.75) is 128 Å². The molecule has 7 atom stereocenters. The third kappa shape index (κ3) is 15.2. The molecular formula is C65H81F3N10O12. The van der Waals surface area contributed by atoms with E-state index in [9.17, 15) is 43.1 Å². The summed E-state index contributed by atoms with van der Waals surface area (Å²) in [5, 5.41) is 21.0. The van der Waals surface area contributed by atoms with Gasteiger partial charge in [0.15, 0.2) is 0 Å². The number of nitrogens with zero attached hydrogens (tertiary/aromatic N) is 6. The van der Waals surface area contributed by atoms with Crippen LogP contribution in [0.2, 0.25) is 0 Å². The van der Waals surface area contributed by atoms with Crippen LogP contribution in [0, 0.1) is 23.4 Å². The molecule has 3 fully saturated rings. The van der Waals surface area contributed by atoms with Crippen LogP contribution in [0.5, 0.6) is 0 Å². The number of morpholine rings is 1. The molecule has 3 saturated heterocycles.